The maximum absolute atomic E-state index is 6.53. The molecule has 4 heteroatoms. The number of halogens is 2. The molecule has 0 saturated heterocycles. The van der Waals surface area contributed by atoms with Crippen LogP contribution in [0.15, 0.2) is 36.4 Å². The number of nitrogens with two attached hydrogens (primary N) is 2. The van der Waals surface area contributed by atoms with Gasteiger partial charge < -0.3 is 11.5 Å². The van der Waals surface area contributed by atoms with Crippen LogP contribution in [0.1, 0.15) is 38.8 Å². The van der Waals surface area contributed by atoms with E-state index in [1.807, 2.05) is 12.1 Å². The minimum absolute atomic E-state index is 0.0336. The van der Waals surface area contributed by atoms with Gasteiger partial charge in [0.2, 0.25) is 0 Å². The Morgan fingerprint density at radius 1 is 0.692 bits per heavy atom. The summed E-state index contributed by atoms with van der Waals surface area (Å²) in [5.74, 6) is 0. The van der Waals surface area contributed by atoms with Crippen LogP contribution < -0.4 is 11.5 Å². The molecule has 0 aliphatic rings. The predicted molar refractivity (Wildman–Crippen MR) is 115 cm³/mol. The molecule has 0 spiro atoms. The molecule has 0 fully saturated rings. The van der Waals surface area contributed by atoms with Gasteiger partial charge >= 0.3 is 0 Å². The van der Waals surface area contributed by atoms with Gasteiger partial charge in [0.05, 0.1) is 0 Å². The van der Waals surface area contributed by atoms with Crippen molar-refractivity contribution < 1.29 is 0 Å². The monoisotopic (exact) mass is 392 g/mol. The van der Waals surface area contributed by atoms with E-state index in [1.165, 1.54) is 0 Å². The van der Waals surface area contributed by atoms with E-state index in [1.54, 1.807) is 0 Å². The summed E-state index contributed by atoms with van der Waals surface area (Å²) in [6.07, 6.45) is 1.72. The van der Waals surface area contributed by atoms with Gasteiger partial charge in [0, 0.05) is 10.0 Å². The topological polar surface area (TPSA) is 52.0 Å². The minimum Gasteiger partial charge on any atom is -0.330 e. The molecule has 0 aromatic heterocycles. The first-order valence-electron chi connectivity index (χ1n) is 9.04. The number of hydrogen-bond acceptors (Lipinski definition) is 2. The molecular weight excluding hydrogens is 363 g/mol. The largest absolute Gasteiger partial charge is 0.330 e. The molecule has 0 unspecified atom stereocenters. The fraction of sp³-hybridized carbons (Fsp3) is 0.455. The van der Waals surface area contributed by atoms with Crippen LogP contribution >= 0.6 is 23.2 Å². The van der Waals surface area contributed by atoms with Gasteiger partial charge in [-0.05, 0) is 71.1 Å². The van der Waals surface area contributed by atoms with Gasteiger partial charge in [-0.2, -0.15) is 0 Å². The van der Waals surface area contributed by atoms with E-state index in [9.17, 15) is 0 Å². The van der Waals surface area contributed by atoms with Crippen molar-refractivity contribution in [1.29, 1.82) is 0 Å². The zero-order chi connectivity index (χ0) is 19.5. The highest BCUT2D eigenvalue weighted by Gasteiger charge is 2.19. The normalized spacial score (nSPS) is 12.5. The molecule has 0 saturated carbocycles. The Morgan fingerprint density at radius 2 is 1.04 bits per heavy atom. The van der Waals surface area contributed by atoms with Gasteiger partial charge in [0.15, 0.2) is 0 Å². The molecule has 0 radical (unpaired) electrons. The van der Waals surface area contributed by atoms with Crippen LogP contribution in [-0.4, -0.2) is 13.1 Å². The van der Waals surface area contributed by atoms with Crippen molar-refractivity contribution in [1.82, 2.24) is 0 Å². The molecule has 0 amide bonds. The van der Waals surface area contributed by atoms with E-state index in [-0.39, 0.29) is 10.8 Å². The minimum atomic E-state index is 0.0336. The second-order valence-corrected chi connectivity index (χ2v) is 9.52. The summed E-state index contributed by atoms with van der Waals surface area (Å²) in [6, 6.07) is 12.4. The molecule has 0 aliphatic carbocycles. The third-order valence-corrected chi connectivity index (χ3v) is 5.59. The van der Waals surface area contributed by atoms with Crippen LogP contribution in [0, 0.1) is 10.8 Å². The number of rotatable bonds is 7. The SMILES string of the molecule is CC(C)(CN)Cc1ccc(-c2ccc(CC(C)(C)CN)c(Cl)c2)cc1Cl. The second kappa shape index (κ2) is 8.31. The zero-order valence-corrected chi connectivity index (χ0v) is 17.7. The molecule has 2 nitrogen and oxygen atoms in total. The Hall–Kier alpha value is -1.06. The first-order valence-corrected chi connectivity index (χ1v) is 9.80. The van der Waals surface area contributed by atoms with Crippen LogP contribution in [0.5, 0.6) is 0 Å². The van der Waals surface area contributed by atoms with Crippen molar-refractivity contribution in [3.8, 4) is 11.1 Å². The summed E-state index contributed by atoms with van der Waals surface area (Å²) < 4.78 is 0. The number of hydrogen-bond donors (Lipinski definition) is 2. The summed E-state index contributed by atoms with van der Waals surface area (Å²) in [5, 5.41) is 1.54. The highest BCUT2D eigenvalue weighted by Crippen LogP contribution is 2.33. The average Bonchev–Trinajstić information content (AvgIpc) is 2.58. The van der Waals surface area contributed by atoms with Gasteiger partial charge in [0.25, 0.3) is 0 Å². The molecule has 0 aliphatic heterocycles. The molecule has 142 valence electrons. The van der Waals surface area contributed by atoms with Crippen molar-refractivity contribution in [2.45, 2.75) is 40.5 Å². The maximum atomic E-state index is 6.53. The first kappa shape index (κ1) is 21.2. The van der Waals surface area contributed by atoms with Crippen molar-refractivity contribution in [2.75, 3.05) is 13.1 Å². The van der Waals surface area contributed by atoms with Crippen LogP contribution in [0.25, 0.3) is 11.1 Å². The van der Waals surface area contributed by atoms with Crippen LogP contribution in [-0.2, 0) is 12.8 Å². The van der Waals surface area contributed by atoms with E-state index in [0.29, 0.717) is 13.1 Å². The summed E-state index contributed by atoms with van der Waals surface area (Å²) in [5.41, 5.74) is 16.1. The molecule has 0 bridgehead atoms. The first-order chi connectivity index (χ1) is 12.1. The fourth-order valence-corrected chi connectivity index (χ4v) is 3.41. The standard InChI is InChI=1S/C22H30Cl2N2/c1-21(2,13-25)11-17-7-5-15(9-19(17)23)16-6-8-18(20(24)10-16)12-22(3,4)14-26/h5-10H,11-14,25-26H2,1-4H3. The highest BCUT2D eigenvalue weighted by molar-refractivity contribution is 6.32. The van der Waals surface area contributed by atoms with Gasteiger partial charge in [0.1, 0.15) is 0 Å². The van der Waals surface area contributed by atoms with Crippen molar-refractivity contribution >= 4 is 23.2 Å². The molecular formula is C22H30Cl2N2. The van der Waals surface area contributed by atoms with Crippen LogP contribution in [0.2, 0.25) is 10.0 Å². The summed E-state index contributed by atoms with van der Waals surface area (Å²) >= 11 is 13.1. The van der Waals surface area contributed by atoms with Crippen molar-refractivity contribution in [3.63, 3.8) is 0 Å². The van der Waals surface area contributed by atoms with E-state index in [2.05, 4.69) is 52.0 Å². The van der Waals surface area contributed by atoms with Gasteiger partial charge in [-0.3, -0.25) is 0 Å². The maximum Gasteiger partial charge on any atom is 0.0444 e. The van der Waals surface area contributed by atoms with Crippen molar-refractivity contribution in [2.24, 2.45) is 22.3 Å². The Labute approximate surface area is 167 Å². The van der Waals surface area contributed by atoms with Gasteiger partial charge in [-0.15, -0.1) is 0 Å². The lowest BCUT2D eigenvalue weighted by Gasteiger charge is -2.23. The Morgan fingerprint density at radius 3 is 1.31 bits per heavy atom. The zero-order valence-electron chi connectivity index (χ0n) is 16.2. The predicted octanol–water partition coefficient (Wildman–Crippen LogP) is 5.72. The molecule has 26 heavy (non-hydrogen) atoms. The lowest BCUT2D eigenvalue weighted by molar-refractivity contribution is 0.376. The summed E-state index contributed by atoms with van der Waals surface area (Å²) in [6.45, 7) is 9.86. The highest BCUT2D eigenvalue weighted by atomic mass is 35.5. The Kier molecular flexibility index (Phi) is 6.79. The van der Waals surface area contributed by atoms with Gasteiger partial charge in [-0.25, -0.2) is 0 Å². The molecule has 2 aromatic rings. The quantitative estimate of drug-likeness (QED) is 0.633. The smallest absolute Gasteiger partial charge is 0.0444 e. The van der Waals surface area contributed by atoms with E-state index < -0.39 is 0 Å². The third kappa shape index (κ3) is 5.47. The van der Waals surface area contributed by atoms with E-state index >= 15 is 0 Å². The Balaban J connectivity index is 2.26. The summed E-state index contributed by atoms with van der Waals surface area (Å²) in [7, 11) is 0. The molecule has 2 rings (SSSR count). The van der Waals surface area contributed by atoms with Gasteiger partial charge in [-0.1, -0.05) is 75.2 Å². The second-order valence-electron chi connectivity index (χ2n) is 8.70. The molecule has 2 aromatic carbocycles. The van der Waals surface area contributed by atoms with Crippen LogP contribution in [0.3, 0.4) is 0 Å². The van der Waals surface area contributed by atoms with E-state index in [0.717, 1.165) is 45.1 Å². The fourth-order valence-electron chi connectivity index (χ4n) is 2.92. The third-order valence-electron chi connectivity index (χ3n) is 4.88. The molecule has 4 N–H and O–H groups in total. The van der Waals surface area contributed by atoms with Crippen molar-refractivity contribution in [3.05, 3.63) is 57.6 Å². The average molecular weight is 393 g/mol. The van der Waals surface area contributed by atoms with Crippen LogP contribution in [0.4, 0.5) is 0 Å². The lowest BCUT2D eigenvalue weighted by Crippen LogP contribution is -2.26. The lowest BCUT2D eigenvalue weighted by atomic mass is 9.85. The summed E-state index contributed by atoms with van der Waals surface area (Å²) in [4.78, 5) is 0. The molecule has 0 atom stereocenters. The number of benzene rings is 2. The van der Waals surface area contributed by atoms with E-state index in [4.69, 9.17) is 34.7 Å². The Bertz CT molecular complexity index is 701. The molecule has 0 heterocycles.